The van der Waals surface area contributed by atoms with Gasteiger partial charge in [-0.1, -0.05) is 221 Å². The quantitative estimate of drug-likeness (QED) is 0.0346. The van der Waals surface area contributed by atoms with Crippen LogP contribution in [0.15, 0.2) is 97.2 Å². The second-order valence-corrected chi connectivity index (χ2v) is 18.1. The molecule has 0 aliphatic rings. The van der Waals surface area contributed by atoms with Gasteiger partial charge in [0.1, 0.15) is 6.61 Å². The molecular formula is C61H104O5. The third kappa shape index (κ3) is 53.4. The van der Waals surface area contributed by atoms with Crippen molar-refractivity contribution >= 4 is 11.9 Å². The number of allylic oxidation sites excluding steroid dienone is 16. The average molecular weight is 917 g/mol. The Morgan fingerprint density at radius 2 is 0.712 bits per heavy atom. The van der Waals surface area contributed by atoms with E-state index in [-0.39, 0.29) is 25.2 Å². The van der Waals surface area contributed by atoms with E-state index in [4.69, 9.17) is 14.2 Å². The number of carbonyl (C=O) groups excluding carboxylic acids is 2. The molecule has 0 spiro atoms. The number of rotatable bonds is 50. The van der Waals surface area contributed by atoms with Crippen LogP contribution in [0.5, 0.6) is 0 Å². The summed E-state index contributed by atoms with van der Waals surface area (Å²) >= 11 is 0. The highest BCUT2D eigenvalue weighted by molar-refractivity contribution is 5.70. The molecule has 0 aromatic rings. The van der Waals surface area contributed by atoms with Crippen LogP contribution in [0.25, 0.3) is 0 Å². The van der Waals surface area contributed by atoms with Crippen molar-refractivity contribution in [1.29, 1.82) is 0 Å². The van der Waals surface area contributed by atoms with Crippen LogP contribution >= 0.6 is 0 Å². The summed E-state index contributed by atoms with van der Waals surface area (Å²) in [5.74, 6) is -0.428. The summed E-state index contributed by atoms with van der Waals surface area (Å²) in [5, 5.41) is 0. The number of esters is 2. The Bertz CT molecular complexity index is 1270. The standard InChI is InChI=1S/C61H104O5/c1-4-7-10-13-16-19-22-25-28-30-31-33-34-36-39-42-45-48-51-54-60(62)65-58-59(57-64-56-53-50-47-44-41-38-27-24-21-18-15-12-9-6-3)66-61(63)55-52-49-46-43-40-37-35-32-29-26-23-20-17-14-11-8-5-2/h7,10,12,15-17,19-21,24-26,28-29,31,33,59H,4-6,8-9,11,13-14,18,22-23,27,30,32,34-58H2,1-3H3/b10-7-,15-12-,19-16-,20-17-,24-21-,28-25-,29-26-,33-31-. The van der Waals surface area contributed by atoms with Crippen molar-refractivity contribution in [3.8, 4) is 0 Å². The summed E-state index contributed by atoms with van der Waals surface area (Å²) < 4.78 is 17.4. The second-order valence-electron chi connectivity index (χ2n) is 18.1. The Labute approximate surface area is 409 Å². The zero-order valence-corrected chi connectivity index (χ0v) is 43.4. The monoisotopic (exact) mass is 917 g/mol. The van der Waals surface area contributed by atoms with E-state index in [1.165, 1.54) is 122 Å². The zero-order chi connectivity index (χ0) is 47.7. The Balaban J connectivity index is 4.33. The van der Waals surface area contributed by atoms with Gasteiger partial charge in [-0.15, -0.1) is 0 Å². The van der Waals surface area contributed by atoms with E-state index in [1.807, 2.05) is 0 Å². The minimum atomic E-state index is -0.558. The van der Waals surface area contributed by atoms with E-state index in [9.17, 15) is 9.59 Å². The van der Waals surface area contributed by atoms with Crippen molar-refractivity contribution in [2.75, 3.05) is 19.8 Å². The summed E-state index contributed by atoms with van der Waals surface area (Å²) in [6, 6.07) is 0. The fourth-order valence-corrected chi connectivity index (χ4v) is 7.45. The van der Waals surface area contributed by atoms with E-state index in [0.717, 1.165) is 96.3 Å². The Kier molecular flexibility index (Phi) is 53.4. The van der Waals surface area contributed by atoms with Crippen LogP contribution in [-0.4, -0.2) is 37.9 Å². The summed E-state index contributed by atoms with van der Waals surface area (Å²) in [6.45, 7) is 7.59. The number of unbranched alkanes of at least 4 members (excludes halogenated alkanes) is 23. The molecule has 0 saturated heterocycles. The molecule has 0 rings (SSSR count). The smallest absolute Gasteiger partial charge is 0.306 e. The predicted octanol–water partition coefficient (Wildman–Crippen LogP) is 19.0. The molecule has 5 heteroatoms. The molecule has 0 heterocycles. The fraction of sp³-hybridized carbons (Fsp3) is 0.705. The van der Waals surface area contributed by atoms with Gasteiger partial charge in [-0.3, -0.25) is 9.59 Å². The first-order chi connectivity index (χ1) is 32.6. The Morgan fingerprint density at radius 1 is 0.348 bits per heavy atom. The van der Waals surface area contributed by atoms with Gasteiger partial charge in [0.2, 0.25) is 0 Å². The van der Waals surface area contributed by atoms with Gasteiger partial charge < -0.3 is 14.2 Å². The fourth-order valence-electron chi connectivity index (χ4n) is 7.45. The summed E-state index contributed by atoms with van der Waals surface area (Å²) in [5.41, 5.74) is 0. The number of hydrogen-bond acceptors (Lipinski definition) is 5. The molecule has 0 amide bonds. The van der Waals surface area contributed by atoms with Crippen molar-refractivity contribution in [1.82, 2.24) is 0 Å². The third-order valence-electron chi connectivity index (χ3n) is 11.6. The van der Waals surface area contributed by atoms with Crippen molar-refractivity contribution in [3.05, 3.63) is 97.2 Å². The van der Waals surface area contributed by atoms with Crippen molar-refractivity contribution in [3.63, 3.8) is 0 Å². The minimum absolute atomic E-state index is 0.0658. The van der Waals surface area contributed by atoms with Crippen molar-refractivity contribution in [2.24, 2.45) is 0 Å². The van der Waals surface area contributed by atoms with Gasteiger partial charge in [0.25, 0.3) is 0 Å². The second kappa shape index (κ2) is 56.1. The largest absolute Gasteiger partial charge is 0.462 e. The maximum atomic E-state index is 12.8. The molecule has 0 N–H and O–H groups in total. The lowest BCUT2D eigenvalue weighted by atomic mass is 10.1. The molecule has 0 aromatic carbocycles. The molecule has 0 radical (unpaired) electrons. The molecule has 0 aromatic heterocycles. The zero-order valence-electron chi connectivity index (χ0n) is 43.4. The maximum absolute atomic E-state index is 12.8. The van der Waals surface area contributed by atoms with Gasteiger partial charge >= 0.3 is 11.9 Å². The van der Waals surface area contributed by atoms with Crippen LogP contribution < -0.4 is 0 Å². The van der Waals surface area contributed by atoms with Crippen molar-refractivity contribution < 1.29 is 23.8 Å². The lowest BCUT2D eigenvalue weighted by Crippen LogP contribution is -2.30. The van der Waals surface area contributed by atoms with Crippen LogP contribution in [0, 0.1) is 0 Å². The molecule has 0 bridgehead atoms. The van der Waals surface area contributed by atoms with Gasteiger partial charge in [0.05, 0.1) is 6.61 Å². The predicted molar refractivity (Wildman–Crippen MR) is 288 cm³/mol. The lowest BCUT2D eigenvalue weighted by Gasteiger charge is -2.18. The molecule has 1 atom stereocenters. The topological polar surface area (TPSA) is 61.8 Å². The molecule has 0 saturated carbocycles. The molecule has 0 aliphatic carbocycles. The summed E-state index contributed by atoms with van der Waals surface area (Å²) in [6.07, 6.45) is 75.6. The molecular weight excluding hydrogens is 813 g/mol. The van der Waals surface area contributed by atoms with Crippen LogP contribution in [0.4, 0.5) is 0 Å². The van der Waals surface area contributed by atoms with Gasteiger partial charge in [-0.25, -0.2) is 0 Å². The molecule has 0 aliphatic heterocycles. The van der Waals surface area contributed by atoms with E-state index in [2.05, 4.69) is 118 Å². The van der Waals surface area contributed by atoms with Crippen molar-refractivity contribution in [2.45, 2.75) is 258 Å². The normalized spacial score (nSPS) is 13.0. The average Bonchev–Trinajstić information content (AvgIpc) is 3.32. The molecule has 5 nitrogen and oxygen atoms in total. The third-order valence-corrected chi connectivity index (χ3v) is 11.6. The van der Waals surface area contributed by atoms with Gasteiger partial charge in [-0.2, -0.15) is 0 Å². The van der Waals surface area contributed by atoms with Crippen LogP contribution in [0.3, 0.4) is 0 Å². The number of carbonyl (C=O) groups is 2. The van der Waals surface area contributed by atoms with Crippen LogP contribution in [0.2, 0.25) is 0 Å². The van der Waals surface area contributed by atoms with Gasteiger partial charge in [0, 0.05) is 19.4 Å². The van der Waals surface area contributed by atoms with E-state index in [0.29, 0.717) is 19.4 Å². The number of ether oxygens (including phenoxy) is 3. The van der Waals surface area contributed by atoms with E-state index < -0.39 is 6.10 Å². The molecule has 66 heavy (non-hydrogen) atoms. The first kappa shape index (κ1) is 62.8. The van der Waals surface area contributed by atoms with E-state index >= 15 is 0 Å². The maximum Gasteiger partial charge on any atom is 0.306 e. The van der Waals surface area contributed by atoms with Crippen LogP contribution in [0.1, 0.15) is 252 Å². The minimum Gasteiger partial charge on any atom is -0.462 e. The Hall–Kier alpha value is -3.18. The molecule has 1 unspecified atom stereocenters. The Morgan fingerprint density at radius 3 is 1.15 bits per heavy atom. The lowest BCUT2D eigenvalue weighted by molar-refractivity contribution is -0.163. The molecule has 0 fully saturated rings. The van der Waals surface area contributed by atoms with Crippen LogP contribution in [-0.2, 0) is 23.8 Å². The summed E-state index contributed by atoms with van der Waals surface area (Å²) in [4.78, 5) is 25.5. The first-order valence-corrected chi connectivity index (χ1v) is 27.8. The molecule has 378 valence electrons. The first-order valence-electron chi connectivity index (χ1n) is 27.8. The highest BCUT2D eigenvalue weighted by atomic mass is 16.6. The highest BCUT2D eigenvalue weighted by Gasteiger charge is 2.17. The van der Waals surface area contributed by atoms with Gasteiger partial charge in [0.15, 0.2) is 6.10 Å². The number of hydrogen-bond donors (Lipinski definition) is 0. The van der Waals surface area contributed by atoms with E-state index in [1.54, 1.807) is 0 Å². The summed E-state index contributed by atoms with van der Waals surface area (Å²) in [7, 11) is 0. The van der Waals surface area contributed by atoms with Gasteiger partial charge in [-0.05, 0) is 116 Å². The highest BCUT2D eigenvalue weighted by Crippen LogP contribution is 2.14. The SMILES string of the molecule is CC/C=C\C/C=C\C/C=C\C/C=C\CCCCCCCCC(=O)OCC(COCCCCCCCC/C=C\C/C=C\CCC)OC(=O)CCCCCCCCC/C=C\C/C=C\CCCCC.